The van der Waals surface area contributed by atoms with Gasteiger partial charge in [0.1, 0.15) is 24.0 Å². The van der Waals surface area contributed by atoms with Gasteiger partial charge in [-0.1, -0.05) is 11.6 Å². The van der Waals surface area contributed by atoms with Gasteiger partial charge in [-0.15, -0.1) is 0 Å². The third kappa shape index (κ3) is 2.74. The Hall–Kier alpha value is -2.91. The van der Waals surface area contributed by atoms with Crippen LogP contribution in [0.15, 0.2) is 31.2 Å². The first-order valence-corrected chi connectivity index (χ1v) is 9.47. The zero-order chi connectivity index (χ0) is 19.3. The van der Waals surface area contributed by atoms with Gasteiger partial charge in [-0.05, 0) is 19.4 Å². The van der Waals surface area contributed by atoms with E-state index < -0.39 is 0 Å². The number of fused-ring (bicyclic) bond motifs is 2. The van der Waals surface area contributed by atoms with Crippen LogP contribution in [0, 0.1) is 0 Å². The number of β-amino-alcohol motifs (C(OH)–C–C–N with tert-alkyl or cyclic N) is 1. The molecule has 9 nitrogen and oxygen atoms in total. The summed E-state index contributed by atoms with van der Waals surface area (Å²) < 4.78 is 1.99. The molecule has 1 aliphatic heterocycles. The van der Waals surface area contributed by atoms with Crippen LogP contribution in [0.25, 0.3) is 16.7 Å². The quantitative estimate of drug-likeness (QED) is 0.484. The number of aromatic amines is 1. The molecule has 0 aliphatic carbocycles. The van der Waals surface area contributed by atoms with Crippen molar-refractivity contribution in [2.75, 3.05) is 23.3 Å². The van der Waals surface area contributed by atoms with E-state index in [1.165, 1.54) is 6.33 Å². The van der Waals surface area contributed by atoms with E-state index in [4.69, 9.17) is 11.6 Å². The van der Waals surface area contributed by atoms with E-state index in [-0.39, 0.29) is 12.1 Å². The molecule has 1 unspecified atom stereocenters. The van der Waals surface area contributed by atoms with Crippen molar-refractivity contribution >= 4 is 39.9 Å². The lowest BCUT2D eigenvalue weighted by Crippen LogP contribution is -2.26. The van der Waals surface area contributed by atoms with Crippen LogP contribution in [0.4, 0.5) is 11.6 Å². The maximum absolute atomic E-state index is 10.1. The Morgan fingerprint density at radius 2 is 2.25 bits per heavy atom. The molecule has 0 saturated carbocycles. The second kappa shape index (κ2) is 6.61. The highest BCUT2D eigenvalue weighted by molar-refractivity contribution is 6.34. The van der Waals surface area contributed by atoms with Crippen molar-refractivity contribution in [2.24, 2.45) is 0 Å². The smallest absolute Gasteiger partial charge is 0.182 e. The summed E-state index contributed by atoms with van der Waals surface area (Å²) in [4.78, 5) is 22.2. The van der Waals surface area contributed by atoms with Crippen molar-refractivity contribution < 1.29 is 5.11 Å². The van der Waals surface area contributed by atoms with Crippen molar-refractivity contribution in [1.29, 1.82) is 0 Å². The number of aromatic nitrogens is 6. The predicted octanol–water partition coefficient (Wildman–Crippen LogP) is 2.40. The lowest BCUT2D eigenvalue weighted by molar-refractivity contribution is 0.198. The van der Waals surface area contributed by atoms with Crippen LogP contribution in [0.3, 0.4) is 0 Å². The number of imidazole rings is 2. The molecule has 4 aromatic rings. The number of hydrogen-bond acceptors (Lipinski definition) is 7. The molecule has 28 heavy (non-hydrogen) atoms. The summed E-state index contributed by atoms with van der Waals surface area (Å²) in [6, 6.07) is 1.85. The summed E-state index contributed by atoms with van der Waals surface area (Å²) in [7, 11) is 0. The topological polar surface area (TPSA) is 107 Å². The largest absolute Gasteiger partial charge is 0.391 e. The molecule has 2 atom stereocenters. The molecule has 0 bridgehead atoms. The second-order valence-corrected chi connectivity index (χ2v) is 7.41. The summed E-state index contributed by atoms with van der Waals surface area (Å²) in [6.07, 6.45) is 6.99. The normalized spacial score (nSPS) is 18.2. The van der Waals surface area contributed by atoms with Gasteiger partial charge in [-0.2, -0.15) is 0 Å². The molecule has 5 rings (SSSR count). The van der Waals surface area contributed by atoms with E-state index in [0.29, 0.717) is 23.0 Å². The standard InChI is InChI=1S/C18H19ClN8O/c1-10(25-17-15-16(22-7-21-15)23-8-24-17)12-4-13(19)14-5-20-9-27(14)18(12)26-3-2-11(28)6-26/h4-5,7-11,28H,2-3,6H2,1H3,(H2,21,22,23,24,25)/t10?,11-/m0/s1. The fraction of sp³-hybridized carbons (Fsp3) is 0.333. The highest BCUT2D eigenvalue weighted by atomic mass is 35.5. The molecule has 1 saturated heterocycles. The SMILES string of the molecule is CC(Nc1ncnc2nc[nH]c12)c1cc(Cl)c2cncn2c1N1CC[C@H](O)C1. The average Bonchev–Trinajstić information content (AvgIpc) is 3.42. The van der Waals surface area contributed by atoms with Crippen LogP contribution in [0.2, 0.25) is 5.02 Å². The van der Waals surface area contributed by atoms with Gasteiger partial charge < -0.3 is 20.3 Å². The second-order valence-electron chi connectivity index (χ2n) is 7.00. The number of nitrogens with zero attached hydrogens (tertiary/aromatic N) is 6. The Kier molecular flexibility index (Phi) is 4.06. The number of rotatable bonds is 4. The van der Waals surface area contributed by atoms with Crippen LogP contribution < -0.4 is 10.2 Å². The van der Waals surface area contributed by atoms with E-state index in [1.807, 2.05) is 10.5 Å². The number of aliphatic hydroxyl groups excluding tert-OH is 1. The minimum Gasteiger partial charge on any atom is -0.391 e. The molecule has 0 radical (unpaired) electrons. The molecule has 1 fully saturated rings. The van der Waals surface area contributed by atoms with Gasteiger partial charge in [-0.3, -0.25) is 4.40 Å². The average molecular weight is 399 g/mol. The molecule has 4 aromatic heterocycles. The third-order valence-electron chi connectivity index (χ3n) is 5.16. The number of halogens is 1. The first-order valence-electron chi connectivity index (χ1n) is 9.10. The molecule has 0 aromatic carbocycles. The first kappa shape index (κ1) is 17.2. The summed E-state index contributed by atoms with van der Waals surface area (Å²) in [5, 5.41) is 14.1. The molecular weight excluding hydrogens is 380 g/mol. The Morgan fingerprint density at radius 1 is 1.36 bits per heavy atom. The molecule has 10 heteroatoms. The number of nitrogens with one attached hydrogen (secondary N) is 2. The maximum atomic E-state index is 10.1. The van der Waals surface area contributed by atoms with Gasteiger partial charge in [0, 0.05) is 18.7 Å². The number of hydrogen-bond donors (Lipinski definition) is 3. The monoisotopic (exact) mass is 398 g/mol. The van der Waals surface area contributed by atoms with Crippen LogP contribution in [-0.2, 0) is 0 Å². The first-order chi connectivity index (χ1) is 13.6. The minimum absolute atomic E-state index is 0.113. The van der Waals surface area contributed by atoms with Crippen LogP contribution in [0.1, 0.15) is 24.9 Å². The van der Waals surface area contributed by atoms with Crippen molar-refractivity contribution in [2.45, 2.75) is 25.5 Å². The van der Waals surface area contributed by atoms with Gasteiger partial charge in [-0.25, -0.2) is 19.9 Å². The van der Waals surface area contributed by atoms with Gasteiger partial charge in [0.25, 0.3) is 0 Å². The van der Waals surface area contributed by atoms with Crippen molar-refractivity contribution in [1.82, 2.24) is 29.3 Å². The van der Waals surface area contributed by atoms with Gasteiger partial charge >= 0.3 is 0 Å². The van der Waals surface area contributed by atoms with Crippen molar-refractivity contribution in [3.8, 4) is 0 Å². The van der Waals surface area contributed by atoms with E-state index in [9.17, 15) is 5.11 Å². The highest BCUT2D eigenvalue weighted by Crippen LogP contribution is 2.35. The van der Waals surface area contributed by atoms with E-state index in [0.717, 1.165) is 35.4 Å². The molecule has 0 amide bonds. The lowest BCUT2D eigenvalue weighted by Gasteiger charge is -2.27. The van der Waals surface area contributed by atoms with Crippen LogP contribution in [-0.4, -0.2) is 53.6 Å². The lowest BCUT2D eigenvalue weighted by atomic mass is 10.1. The van der Waals surface area contributed by atoms with E-state index in [2.05, 4.69) is 42.1 Å². The summed E-state index contributed by atoms with van der Waals surface area (Å²) in [5.74, 6) is 1.65. The van der Waals surface area contributed by atoms with E-state index in [1.54, 1.807) is 18.9 Å². The minimum atomic E-state index is -0.336. The van der Waals surface area contributed by atoms with Gasteiger partial charge in [0.05, 0.1) is 35.2 Å². The molecule has 1 aliphatic rings. The molecule has 5 heterocycles. The van der Waals surface area contributed by atoms with E-state index >= 15 is 0 Å². The maximum Gasteiger partial charge on any atom is 0.182 e. The molecule has 0 spiro atoms. The number of aliphatic hydroxyl groups is 1. The number of anilines is 2. The Balaban J connectivity index is 1.60. The predicted molar refractivity (Wildman–Crippen MR) is 107 cm³/mol. The van der Waals surface area contributed by atoms with Crippen molar-refractivity contribution in [3.63, 3.8) is 0 Å². The molecular formula is C18H19ClN8O. The van der Waals surface area contributed by atoms with Crippen molar-refractivity contribution in [3.05, 3.63) is 41.8 Å². The zero-order valence-electron chi connectivity index (χ0n) is 15.2. The molecule has 3 N–H and O–H groups in total. The Morgan fingerprint density at radius 3 is 3.07 bits per heavy atom. The highest BCUT2D eigenvalue weighted by Gasteiger charge is 2.27. The van der Waals surface area contributed by atoms with Gasteiger partial charge in [0.2, 0.25) is 0 Å². The Labute approximate surface area is 165 Å². The van der Waals surface area contributed by atoms with Gasteiger partial charge in [0.15, 0.2) is 11.5 Å². The fourth-order valence-corrected chi connectivity index (χ4v) is 4.06. The fourth-order valence-electron chi connectivity index (χ4n) is 3.80. The summed E-state index contributed by atoms with van der Waals surface area (Å²) in [6.45, 7) is 3.40. The number of H-pyrrole nitrogens is 1. The van der Waals surface area contributed by atoms with Crippen LogP contribution >= 0.6 is 11.6 Å². The number of pyridine rings is 1. The molecule has 144 valence electrons. The third-order valence-corrected chi connectivity index (χ3v) is 5.46. The summed E-state index contributed by atoms with van der Waals surface area (Å²) >= 11 is 6.54. The Bertz CT molecular complexity index is 1160. The van der Waals surface area contributed by atoms with Crippen LogP contribution in [0.5, 0.6) is 0 Å². The zero-order valence-corrected chi connectivity index (χ0v) is 15.9. The summed E-state index contributed by atoms with van der Waals surface area (Å²) in [5.41, 5.74) is 3.20.